The second-order valence-corrected chi connectivity index (χ2v) is 41.3. The Balaban J connectivity index is 0.000000247. The first-order valence-electron chi connectivity index (χ1n) is 39.7. The van der Waals surface area contributed by atoms with E-state index in [9.17, 15) is 51.6 Å². The molecular weight excluding hydrogens is 2000 g/mol. The van der Waals surface area contributed by atoms with Crippen LogP contribution in [0.4, 0.5) is 38.0 Å². The largest absolute Gasteiger partial charge is 0.487 e. The molecule has 0 amide bonds. The molecule has 0 bridgehead atoms. The maximum Gasteiger partial charge on any atom is 0.487 e. The maximum atomic E-state index is 14.7. The molecule has 2 saturated carbocycles. The third-order valence-corrected chi connectivity index (χ3v) is 29.4. The summed E-state index contributed by atoms with van der Waals surface area (Å²) in [5.41, 5.74) is 13.8. The Kier molecular flexibility index (Phi) is 44.6. The quantitative estimate of drug-likeness (QED) is 0.0276. The van der Waals surface area contributed by atoms with E-state index in [0.717, 1.165) is 53.2 Å². The molecule has 2 aliphatic carbocycles. The van der Waals surface area contributed by atoms with Crippen molar-refractivity contribution in [2.45, 2.75) is 151 Å². The van der Waals surface area contributed by atoms with Gasteiger partial charge in [0.05, 0.1) is 68.9 Å². The highest BCUT2D eigenvalue weighted by Gasteiger charge is 2.50. The van der Waals surface area contributed by atoms with Gasteiger partial charge in [-0.1, -0.05) is 193 Å². The normalized spacial score (nSPS) is 16.3. The Bertz CT molecular complexity index is 5940. The number of nitrogens with two attached hydrogens (primary N) is 2. The number of nitrogens with zero attached hydrogens (tertiary/aromatic N) is 8. The fourth-order valence-corrected chi connectivity index (χ4v) is 20.1. The molecule has 0 radical (unpaired) electrons. The van der Waals surface area contributed by atoms with Crippen LogP contribution in [0.1, 0.15) is 124 Å². The van der Waals surface area contributed by atoms with Crippen molar-refractivity contribution >= 4 is 179 Å². The average Bonchev–Trinajstić information content (AvgIpc) is 1.66. The van der Waals surface area contributed by atoms with Gasteiger partial charge in [0.25, 0.3) is 0 Å². The van der Waals surface area contributed by atoms with Gasteiger partial charge in [0.2, 0.25) is 5.95 Å². The Labute approximate surface area is 801 Å². The van der Waals surface area contributed by atoms with Crippen LogP contribution in [0.25, 0.3) is 30.4 Å². The molecule has 0 spiro atoms. The molecule has 1 aliphatic heterocycles. The van der Waals surface area contributed by atoms with Crippen molar-refractivity contribution in [3.8, 4) is 0 Å². The summed E-state index contributed by atoms with van der Waals surface area (Å²) in [6.07, 6.45) is 25.2. The first kappa shape index (κ1) is 111. The van der Waals surface area contributed by atoms with Gasteiger partial charge in [-0.05, 0) is 231 Å². The first-order chi connectivity index (χ1) is 60.5. The van der Waals surface area contributed by atoms with Crippen LogP contribution in [0.3, 0.4) is 0 Å². The molecule has 3 fully saturated rings. The lowest BCUT2D eigenvalue weighted by atomic mass is 9.89. The van der Waals surface area contributed by atoms with Crippen molar-refractivity contribution in [1.29, 1.82) is 0 Å². The van der Waals surface area contributed by atoms with Crippen molar-refractivity contribution in [2.75, 3.05) is 39.2 Å². The number of sulfone groups is 3. The molecule has 0 unspecified atom stereocenters. The smallest absolute Gasteiger partial charge is 0.412 e. The zero-order valence-electron chi connectivity index (χ0n) is 71.8. The molecule has 1 saturated heterocycles. The van der Waals surface area contributed by atoms with E-state index in [1.807, 2.05) is 52.0 Å². The molecule has 4 heterocycles. The first-order valence-corrected chi connectivity index (χ1v) is 49.4. The maximum absolute atomic E-state index is 14.7. The number of nitrogen functional groups attached to an aromatic ring is 1. The topological polar surface area (TPSA) is 332 Å². The molecule has 0 atom stereocenters. The zero-order valence-corrected chi connectivity index (χ0v) is 82.0. The van der Waals surface area contributed by atoms with Crippen LogP contribution in [-0.4, -0.2) is 147 Å². The van der Waals surface area contributed by atoms with Crippen LogP contribution in [0, 0.1) is 35.4 Å². The van der Waals surface area contributed by atoms with E-state index >= 15 is 0 Å². The Morgan fingerprint density at radius 3 is 1.13 bits per heavy atom. The number of benzene rings is 8. The van der Waals surface area contributed by atoms with Gasteiger partial charge in [-0.15, -0.1) is 0 Å². The average molecular weight is 2100 g/mol. The molecule has 8 aromatic carbocycles. The molecule has 11 aromatic rings. The van der Waals surface area contributed by atoms with Crippen molar-refractivity contribution in [3.05, 3.63) is 322 Å². The number of aromatic nitrogens is 6. The molecule has 9 N–H and O–H groups in total. The van der Waals surface area contributed by atoms with Gasteiger partial charge < -0.3 is 46.8 Å². The molecule has 3 aromatic heterocycles. The highest BCUT2D eigenvalue weighted by Crippen LogP contribution is 2.38. The standard InChI is InChI=1S/C27H30ClFN4O2S.C19H13ClF2N2O2S.C13H9BrClFO2S.C12H16BFN2O2.C8H18N2.C6H5BrFN.C6H4Cl2S.2H2O/c1-33(2)23-13-11-22(12-14-23)32-27-30-16-20(17-31-27)8-7-19-9-10-21(25(29)15-19)18-36(34,35)26-6-4-3-5-24(26)28;20-16-3-1-2-4-18(16)27(25,26)12-15-8-7-13(9-17(15)21)5-6-14-10-23-19(22)24-11-14;14-10-6-5-9(12(16)7-10)8-19(17,18)13-4-2-1-3-11(13)15;1-11(2)12(3,4)18-13(17-11)6-5-9-7-15-10(14)16-8-9;1-10(2)8-5-3-7(9)4-6-8;7-4-1-2-6(9)5(8)3-4;7-5-3-1-2-4-6(5)9-8;;/h3-10,15-17,22-23H,11-14,18H2,1-2H3,(H,30,31,32);1-11H,12H2;1-7H,8H2;5-8H,1-4H3;7-8H,3-6,9H2,1-2H3;1-3H,9H2;1-4H;2*1H2/b8-7+;6-5+;;6-5+;;;;;. The number of rotatable bonds is 20. The van der Waals surface area contributed by atoms with Gasteiger partial charge in [0.15, 0.2) is 29.5 Å². The number of anilines is 2. The summed E-state index contributed by atoms with van der Waals surface area (Å²) in [6.45, 7) is 7.95. The van der Waals surface area contributed by atoms with E-state index in [0.29, 0.717) is 60.3 Å². The van der Waals surface area contributed by atoms with Crippen LogP contribution in [0.2, 0.25) is 20.1 Å². The summed E-state index contributed by atoms with van der Waals surface area (Å²) < 4.78 is 168. The van der Waals surface area contributed by atoms with Crippen molar-refractivity contribution < 1.29 is 71.9 Å². The third kappa shape index (κ3) is 35.3. The predicted octanol–water partition coefficient (Wildman–Crippen LogP) is 21.7. The molecule has 14 rings (SSSR count). The van der Waals surface area contributed by atoms with Gasteiger partial charge in [-0.3, -0.25) is 0 Å². The van der Waals surface area contributed by atoms with Crippen molar-refractivity contribution in [2.24, 2.45) is 5.73 Å². The third-order valence-electron chi connectivity index (χ3n) is 20.4. The van der Waals surface area contributed by atoms with Gasteiger partial charge >= 0.3 is 19.3 Å². The lowest BCUT2D eigenvalue weighted by Crippen LogP contribution is -2.41. The minimum atomic E-state index is -3.78. The lowest BCUT2D eigenvalue weighted by Gasteiger charge is -2.32. The molecule has 39 heteroatoms. The lowest BCUT2D eigenvalue weighted by molar-refractivity contribution is 0.00578. The van der Waals surface area contributed by atoms with Crippen LogP contribution in [-0.2, 0) is 56.1 Å². The molecule has 3 aliphatic rings. The molecule has 130 heavy (non-hydrogen) atoms. The number of hydrogen-bond donors (Lipinski definition) is 3. The fourth-order valence-electron chi connectivity index (χ4n) is 12.5. The summed E-state index contributed by atoms with van der Waals surface area (Å²) in [6, 6.07) is 45.6. The summed E-state index contributed by atoms with van der Waals surface area (Å²) >= 11 is 29.8. The Morgan fingerprint density at radius 2 is 0.785 bits per heavy atom. The van der Waals surface area contributed by atoms with Crippen molar-refractivity contribution in [3.63, 3.8) is 0 Å². The van der Waals surface area contributed by atoms with Crippen molar-refractivity contribution in [1.82, 2.24) is 39.7 Å². The van der Waals surface area contributed by atoms with Crippen LogP contribution in [0.5, 0.6) is 0 Å². The van der Waals surface area contributed by atoms with Gasteiger partial charge in [-0.25, -0.2) is 72.7 Å². The molecular formula is C91H99BBr2Cl5F6N11O10S4. The Morgan fingerprint density at radius 1 is 0.454 bits per heavy atom. The van der Waals surface area contributed by atoms with Crippen LogP contribution in [0.15, 0.2) is 242 Å². The monoisotopic (exact) mass is 2090 g/mol. The predicted molar refractivity (Wildman–Crippen MR) is 519 cm³/mol. The second kappa shape index (κ2) is 52.5. The second-order valence-electron chi connectivity index (χ2n) is 30.9. The number of nitrogens with one attached hydrogen (secondary N) is 1. The van der Waals surface area contributed by atoms with E-state index in [4.69, 9.17) is 77.9 Å². The summed E-state index contributed by atoms with van der Waals surface area (Å²) in [5, 5.41) is 4.48. The van der Waals surface area contributed by atoms with Gasteiger partial charge in [0.1, 0.15) is 23.3 Å². The zero-order chi connectivity index (χ0) is 93.7. The van der Waals surface area contributed by atoms with Crippen LogP contribution >= 0.6 is 99.9 Å². The summed E-state index contributed by atoms with van der Waals surface area (Å²) in [4.78, 5) is 28.1. The highest BCUT2D eigenvalue weighted by atomic mass is 79.9. The van der Waals surface area contributed by atoms with E-state index in [-0.39, 0.29) is 80.1 Å². The van der Waals surface area contributed by atoms with E-state index in [1.165, 1.54) is 135 Å². The van der Waals surface area contributed by atoms with E-state index in [2.05, 4.69) is 105 Å². The molecule has 21 nitrogen and oxygen atoms in total. The van der Waals surface area contributed by atoms with Gasteiger partial charge in [0, 0.05) is 109 Å². The van der Waals surface area contributed by atoms with Gasteiger partial charge in [-0.2, -0.15) is 8.78 Å². The Hall–Kier alpha value is -8.21. The minimum absolute atomic E-state index is 0. The molecule has 696 valence electrons. The highest BCUT2D eigenvalue weighted by molar-refractivity contribution is 9.10. The fraction of sp³-hybridized carbons (Fsp3) is 0.275. The number of halogens is 13. The van der Waals surface area contributed by atoms with Crippen LogP contribution < -0.4 is 16.8 Å². The summed E-state index contributed by atoms with van der Waals surface area (Å²) in [5.74, 6) is -1.20. The van der Waals surface area contributed by atoms with E-state index < -0.39 is 83.5 Å². The van der Waals surface area contributed by atoms with E-state index in [1.54, 1.807) is 109 Å². The minimum Gasteiger partial charge on any atom is -0.412 e. The number of hydrogen-bond acceptors (Lipinski definition) is 20. The SMILES string of the molecule is CC1(C)OB(/C=C/c2cnc(F)nc2)OC1(C)C.CN(C)C1CCC(N)CC1.CN(C)C1CCC(Nc2ncc(/C=C/c3ccc(CS(=O)(=O)c4ccccc4Cl)c(F)c3)cn2)CC1.ClSc1ccccc1Cl.Nc1ccc(Br)cc1F.O.O.O=S(=O)(Cc1ccc(/C=C/c2cnc(F)nc2)cc1F)c1ccccc1Cl.O=S(=O)(Cc1ccc(Br)cc1F)c1ccccc1Cl. The summed E-state index contributed by atoms with van der Waals surface area (Å²) in [7, 11) is 3.53.